The zero-order chi connectivity index (χ0) is 14.6. The lowest BCUT2D eigenvalue weighted by atomic mass is 10.1. The quantitative estimate of drug-likeness (QED) is 0.356. The van der Waals surface area contributed by atoms with E-state index in [-0.39, 0.29) is 17.3 Å². The number of ketones is 1. The molecular weight excluding hydrogens is 335 g/mol. The number of alkyl halides is 4. The molecule has 0 aromatic heterocycles. The number of Topliss-reactive ketones (excluding diaryl/α,β-unsaturated/α-hetero) is 1. The number of rotatable bonds is 5. The number of ether oxygens (including phenoxy) is 1. The maximum absolute atomic E-state index is 12.2. The molecule has 1 rings (SSSR count). The fraction of sp³-hybridized carbons (Fsp3) is 0.300. The Bertz CT molecular complexity index is 504. The Morgan fingerprint density at radius 3 is 2.53 bits per heavy atom. The van der Waals surface area contributed by atoms with E-state index in [1.807, 2.05) is 0 Å². The van der Waals surface area contributed by atoms with E-state index >= 15 is 0 Å². The highest BCUT2D eigenvalue weighted by molar-refractivity contribution is 9.09. The lowest BCUT2D eigenvalue weighted by Gasteiger charge is -2.12. The summed E-state index contributed by atoms with van der Waals surface area (Å²) in [7, 11) is 0. The van der Waals surface area contributed by atoms with Crippen LogP contribution in [0.4, 0.5) is 18.9 Å². The Balaban J connectivity index is 3.22. The number of carbonyl (C=O) groups is 1. The zero-order valence-electron chi connectivity index (χ0n) is 9.24. The summed E-state index contributed by atoms with van der Waals surface area (Å²) in [5.41, 5.74) is -0.933. The van der Waals surface area contributed by atoms with Crippen LogP contribution in [0.5, 0.6) is 5.75 Å². The predicted molar refractivity (Wildman–Crippen MR) is 62.5 cm³/mol. The standard InChI is InChI=1S/C10H7BrF3NO4/c11-4-3-8(16)7-2-1-6(15(17)18)5-9(7)19-10(12,13)14/h1-2,5H,3-4H2. The Morgan fingerprint density at radius 2 is 2.05 bits per heavy atom. The summed E-state index contributed by atoms with van der Waals surface area (Å²) in [5.74, 6) is -1.47. The van der Waals surface area contributed by atoms with Crippen LogP contribution in [-0.4, -0.2) is 22.4 Å². The van der Waals surface area contributed by atoms with Gasteiger partial charge in [0.05, 0.1) is 16.6 Å². The van der Waals surface area contributed by atoms with Crippen molar-refractivity contribution in [3.8, 4) is 5.75 Å². The molecule has 0 saturated heterocycles. The number of benzene rings is 1. The van der Waals surface area contributed by atoms with Gasteiger partial charge in [0, 0.05) is 17.8 Å². The number of nitro groups is 1. The van der Waals surface area contributed by atoms with Crippen molar-refractivity contribution in [2.75, 3.05) is 5.33 Å². The van der Waals surface area contributed by atoms with Crippen LogP contribution in [0.15, 0.2) is 18.2 Å². The van der Waals surface area contributed by atoms with Gasteiger partial charge in [-0.3, -0.25) is 14.9 Å². The second-order valence-corrected chi connectivity index (χ2v) is 4.14. The van der Waals surface area contributed by atoms with Gasteiger partial charge in [-0.1, -0.05) is 15.9 Å². The van der Waals surface area contributed by atoms with E-state index in [1.54, 1.807) is 0 Å². The predicted octanol–water partition coefficient (Wildman–Crippen LogP) is 3.46. The van der Waals surface area contributed by atoms with Crippen molar-refractivity contribution in [3.05, 3.63) is 33.9 Å². The number of hydrogen-bond acceptors (Lipinski definition) is 4. The summed E-state index contributed by atoms with van der Waals surface area (Å²) in [6, 6.07) is 2.48. The topological polar surface area (TPSA) is 69.4 Å². The first kappa shape index (κ1) is 15.4. The molecule has 0 saturated carbocycles. The second-order valence-electron chi connectivity index (χ2n) is 3.35. The summed E-state index contributed by atoms with van der Waals surface area (Å²) < 4.78 is 40.2. The van der Waals surface area contributed by atoms with E-state index in [9.17, 15) is 28.1 Å². The van der Waals surface area contributed by atoms with Gasteiger partial charge in [0.25, 0.3) is 5.69 Å². The fourth-order valence-corrected chi connectivity index (χ4v) is 1.64. The summed E-state index contributed by atoms with van der Waals surface area (Å²) in [5, 5.41) is 10.8. The molecule has 104 valence electrons. The van der Waals surface area contributed by atoms with Gasteiger partial charge in [-0.25, -0.2) is 0 Å². The minimum atomic E-state index is -5.03. The van der Waals surface area contributed by atoms with Crippen LogP contribution in [0.25, 0.3) is 0 Å². The van der Waals surface area contributed by atoms with Gasteiger partial charge in [-0.15, -0.1) is 13.2 Å². The van der Waals surface area contributed by atoms with Gasteiger partial charge >= 0.3 is 6.36 Å². The van der Waals surface area contributed by atoms with Crippen molar-refractivity contribution in [1.82, 2.24) is 0 Å². The number of carbonyl (C=O) groups excluding carboxylic acids is 1. The lowest BCUT2D eigenvalue weighted by molar-refractivity contribution is -0.385. The van der Waals surface area contributed by atoms with Gasteiger partial charge in [0.15, 0.2) is 5.78 Å². The number of nitro benzene ring substituents is 1. The molecule has 0 atom stereocenters. The molecule has 0 spiro atoms. The third kappa shape index (κ3) is 4.51. The fourth-order valence-electron chi connectivity index (χ4n) is 1.28. The van der Waals surface area contributed by atoms with Gasteiger partial charge in [0.2, 0.25) is 0 Å². The molecule has 0 aliphatic carbocycles. The molecule has 5 nitrogen and oxygen atoms in total. The molecule has 0 radical (unpaired) electrons. The molecule has 0 bridgehead atoms. The lowest BCUT2D eigenvalue weighted by Crippen LogP contribution is -2.19. The molecule has 0 amide bonds. The summed E-state index contributed by atoms with van der Waals surface area (Å²) >= 11 is 2.98. The van der Waals surface area contributed by atoms with Crippen LogP contribution >= 0.6 is 15.9 Å². The molecule has 0 N–H and O–H groups in total. The number of non-ortho nitro benzene ring substituents is 1. The third-order valence-corrected chi connectivity index (χ3v) is 2.42. The number of halogens is 4. The van der Waals surface area contributed by atoms with Gasteiger partial charge in [0.1, 0.15) is 5.75 Å². The van der Waals surface area contributed by atoms with Crippen molar-refractivity contribution >= 4 is 27.4 Å². The molecule has 1 aromatic rings. The van der Waals surface area contributed by atoms with E-state index in [0.717, 1.165) is 12.1 Å². The monoisotopic (exact) mass is 341 g/mol. The Kier molecular flexibility index (Phi) is 4.87. The summed E-state index contributed by atoms with van der Waals surface area (Å²) in [6.45, 7) is 0. The van der Waals surface area contributed by atoms with Gasteiger partial charge < -0.3 is 4.74 Å². The zero-order valence-corrected chi connectivity index (χ0v) is 10.8. The highest BCUT2D eigenvalue weighted by Crippen LogP contribution is 2.30. The molecule has 0 heterocycles. The van der Waals surface area contributed by atoms with E-state index in [2.05, 4.69) is 20.7 Å². The first-order chi connectivity index (χ1) is 8.74. The average molecular weight is 342 g/mol. The second kappa shape index (κ2) is 6.00. The minimum absolute atomic E-state index is 0.0496. The van der Waals surface area contributed by atoms with Crippen LogP contribution < -0.4 is 4.74 Å². The highest BCUT2D eigenvalue weighted by atomic mass is 79.9. The number of nitrogens with zero attached hydrogens (tertiary/aromatic N) is 1. The van der Waals surface area contributed by atoms with Crippen LogP contribution in [0.3, 0.4) is 0 Å². The van der Waals surface area contributed by atoms with Gasteiger partial charge in [-0.2, -0.15) is 0 Å². The summed E-state index contributed by atoms with van der Waals surface area (Å²) in [6.07, 6.45) is -5.08. The first-order valence-electron chi connectivity index (χ1n) is 4.88. The first-order valence-corrected chi connectivity index (χ1v) is 6.00. The normalized spacial score (nSPS) is 11.2. The SMILES string of the molecule is O=C(CCBr)c1ccc([N+](=O)[O-])cc1OC(F)(F)F. The van der Waals surface area contributed by atoms with Crippen molar-refractivity contribution in [3.63, 3.8) is 0 Å². The van der Waals surface area contributed by atoms with Crippen LogP contribution in [0.2, 0.25) is 0 Å². The van der Waals surface area contributed by atoms with Crippen molar-refractivity contribution in [2.24, 2.45) is 0 Å². The maximum atomic E-state index is 12.2. The molecule has 0 fully saturated rings. The molecule has 0 aliphatic rings. The molecule has 19 heavy (non-hydrogen) atoms. The van der Waals surface area contributed by atoms with E-state index in [4.69, 9.17) is 0 Å². The van der Waals surface area contributed by atoms with Crippen LogP contribution in [0.1, 0.15) is 16.8 Å². The molecule has 1 aromatic carbocycles. The molecule has 0 unspecified atom stereocenters. The minimum Gasteiger partial charge on any atom is -0.405 e. The third-order valence-electron chi connectivity index (χ3n) is 2.02. The van der Waals surface area contributed by atoms with Crippen molar-refractivity contribution in [1.29, 1.82) is 0 Å². The smallest absolute Gasteiger partial charge is 0.405 e. The Labute approximate surface area is 113 Å². The maximum Gasteiger partial charge on any atom is 0.573 e. The van der Waals surface area contributed by atoms with E-state index < -0.39 is 28.5 Å². The average Bonchev–Trinajstić information content (AvgIpc) is 2.26. The van der Waals surface area contributed by atoms with Crippen molar-refractivity contribution in [2.45, 2.75) is 12.8 Å². The van der Waals surface area contributed by atoms with Gasteiger partial charge in [-0.05, 0) is 6.07 Å². The largest absolute Gasteiger partial charge is 0.573 e. The molecule has 9 heteroatoms. The Hall–Kier alpha value is -1.64. The molecule has 0 aliphatic heterocycles. The van der Waals surface area contributed by atoms with Crippen molar-refractivity contribution < 1.29 is 27.6 Å². The summed E-state index contributed by atoms with van der Waals surface area (Å²) in [4.78, 5) is 21.2. The van der Waals surface area contributed by atoms with E-state index in [1.165, 1.54) is 0 Å². The Morgan fingerprint density at radius 1 is 1.42 bits per heavy atom. The van der Waals surface area contributed by atoms with Crippen LogP contribution in [-0.2, 0) is 0 Å². The highest BCUT2D eigenvalue weighted by Gasteiger charge is 2.33. The molecular formula is C10H7BrF3NO4. The number of hydrogen-bond donors (Lipinski definition) is 0. The van der Waals surface area contributed by atoms with Crippen LogP contribution in [0, 0.1) is 10.1 Å². The van der Waals surface area contributed by atoms with E-state index in [0.29, 0.717) is 6.07 Å².